The van der Waals surface area contributed by atoms with Gasteiger partial charge in [0.2, 0.25) is 5.88 Å². The third-order valence-corrected chi connectivity index (χ3v) is 8.22. The summed E-state index contributed by atoms with van der Waals surface area (Å²) in [5.41, 5.74) is 10.5. The molecule has 0 aliphatic carbocycles. The van der Waals surface area contributed by atoms with Gasteiger partial charge in [-0.25, -0.2) is 0 Å². The van der Waals surface area contributed by atoms with E-state index in [2.05, 4.69) is 6.07 Å². The molecule has 1 aliphatic rings. The summed E-state index contributed by atoms with van der Waals surface area (Å²) in [5.74, 6) is 0.0492. The highest BCUT2D eigenvalue weighted by Gasteiger charge is 2.32. The maximum Gasteiger partial charge on any atom is 0.323 e. The number of nitrogens with two attached hydrogens (primary N) is 1. The van der Waals surface area contributed by atoms with Gasteiger partial charge in [0.15, 0.2) is 11.5 Å². The van der Waals surface area contributed by atoms with Crippen LogP contribution < -0.4 is 24.7 Å². The lowest BCUT2D eigenvalue weighted by atomic mass is 9.83. The van der Waals surface area contributed by atoms with Crippen LogP contribution >= 0.6 is 11.6 Å². The Labute approximate surface area is 278 Å². The number of rotatable bonds is 10. The van der Waals surface area contributed by atoms with Gasteiger partial charge in [-0.3, -0.25) is 4.79 Å². The van der Waals surface area contributed by atoms with Crippen molar-refractivity contribution in [3.05, 3.63) is 166 Å². The molecule has 0 saturated heterocycles. The zero-order chi connectivity index (χ0) is 32.8. The van der Waals surface area contributed by atoms with Crippen molar-refractivity contribution < 1.29 is 23.7 Å². The fraction of sp³-hybridized carbons (Fsp3) is 0.128. The molecular weight excluding hydrogens is 612 g/mol. The van der Waals surface area contributed by atoms with Gasteiger partial charge < -0.3 is 24.7 Å². The van der Waals surface area contributed by atoms with Crippen LogP contribution in [0.2, 0.25) is 5.02 Å². The van der Waals surface area contributed by atoms with Crippen molar-refractivity contribution in [3.63, 3.8) is 0 Å². The molecule has 1 atom stereocenters. The van der Waals surface area contributed by atoms with E-state index in [-0.39, 0.29) is 23.8 Å². The number of nitriles is 1. The highest BCUT2D eigenvalue weighted by Crippen LogP contribution is 2.45. The average Bonchev–Trinajstić information content (AvgIpc) is 3.09. The smallest absolute Gasteiger partial charge is 0.323 e. The van der Waals surface area contributed by atoms with Crippen LogP contribution in [0, 0.1) is 11.3 Å². The van der Waals surface area contributed by atoms with Crippen molar-refractivity contribution in [2.24, 2.45) is 5.73 Å². The molecule has 0 spiro atoms. The molecule has 1 unspecified atom stereocenters. The van der Waals surface area contributed by atoms with Gasteiger partial charge in [0.05, 0.1) is 12.5 Å². The quantitative estimate of drug-likeness (QED) is 0.121. The lowest BCUT2D eigenvalue weighted by Crippen LogP contribution is -2.22. The van der Waals surface area contributed by atoms with Crippen LogP contribution in [0.25, 0.3) is 0 Å². The number of hydrogen-bond donors (Lipinski definition) is 1. The van der Waals surface area contributed by atoms with E-state index in [1.165, 1.54) is 0 Å². The SMILES string of the molecule is CCOc1cc(C2C(C#N)=C(N)Oc3cc(OC(=O)C(c4ccccc4)c4ccccc4)ccc32)ccc1OCc1ccccc1Cl. The summed E-state index contributed by atoms with van der Waals surface area (Å²) in [7, 11) is 0. The number of allylic oxidation sites excluding steroid dienone is 1. The first-order valence-corrected chi connectivity index (χ1v) is 15.5. The Morgan fingerprint density at radius 3 is 2.21 bits per heavy atom. The summed E-state index contributed by atoms with van der Waals surface area (Å²) in [5, 5.41) is 10.7. The minimum Gasteiger partial charge on any atom is -0.490 e. The van der Waals surface area contributed by atoms with Crippen LogP contribution in [0.3, 0.4) is 0 Å². The Balaban J connectivity index is 1.30. The Morgan fingerprint density at radius 2 is 1.55 bits per heavy atom. The zero-order valence-corrected chi connectivity index (χ0v) is 26.3. The molecule has 1 aliphatic heterocycles. The predicted molar refractivity (Wildman–Crippen MR) is 179 cm³/mol. The third kappa shape index (κ3) is 6.79. The van der Waals surface area contributed by atoms with Crippen molar-refractivity contribution in [3.8, 4) is 29.1 Å². The molecule has 7 nitrogen and oxygen atoms in total. The fourth-order valence-electron chi connectivity index (χ4n) is 5.64. The van der Waals surface area contributed by atoms with Gasteiger partial charge in [0.1, 0.15) is 35.7 Å². The van der Waals surface area contributed by atoms with Crippen LogP contribution in [0.4, 0.5) is 0 Å². The second-order valence-electron chi connectivity index (χ2n) is 10.8. The maximum absolute atomic E-state index is 13.7. The number of carbonyl (C=O) groups is 1. The first kappa shape index (κ1) is 31.3. The Morgan fingerprint density at radius 1 is 0.872 bits per heavy atom. The van der Waals surface area contributed by atoms with E-state index in [1.54, 1.807) is 24.3 Å². The Bertz CT molecular complexity index is 1930. The van der Waals surface area contributed by atoms with Gasteiger partial charge in [-0.05, 0) is 47.9 Å². The average molecular weight is 643 g/mol. The van der Waals surface area contributed by atoms with Gasteiger partial charge in [-0.2, -0.15) is 5.26 Å². The van der Waals surface area contributed by atoms with Crippen LogP contribution in [0.15, 0.2) is 133 Å². The highest BCUT2D eigenvalue weighted by molar-refractivity contribution is 6.31. The standard InChI is InChI=1S/C39H31ClN2O5/c1-2-44-35-21-27(17-20-33(35)45-24-28-15-9-10-16-32(28)40)37-30-19-18-29(22-34(30)47-38(42)31(37)23-41)46-39(43)36(25-11-5-3-6-12-25)26-13-7-4-8-14-26/h3-22,36-37H,2,24,42H2,1H3. The first-order chi connectivity index (χ1) is 23.0. The summed E-state index contributed by atoms with van der Waals surface area (Å²) in [6.07, 6.45) is 0. The van der Waals surface area contributed by atoms with E-state index in [1.807, 2.05) is 104 Å². The molecule has 8 heteroatoms. The largest absolute Gasteiger partial charge is 0.490 e. The summed E-state index contributed by atoms with van der Waals surface area (Å²) < 4.78 is 23.9. The molecule has 6 rings (SSSR count). The lowest BCUT2D eigenvalue weighted by molar-refractivity contribution is -0.135. The molecular formula is C39H31ClN2O5. The Hall–Kier alpha value is -5.71. The van der Waals surface area contributed by atoms with Crippen molar-refractivity contribution in [2.45, 2.75) is 25.4 Å². The van der Waals surface area contributed by atoms with Gasteiger partial charge in [-0.1, -0.05) is 103 Å². The maximum atomic E-state index is 13.7. The number of benzene rings is 5. The molecule has 0 radical (unpaired) electrons. The highest BCUT2D eigenvalue weighted by atomic mass is 35.5. The molecule has 5 aromatic rings. The number of esters is 1. The summed E-state index contributed by atoms with van der Waals surface area (Å²) in [6.45, 7) is 2.54. The van der Waals surface area contributed by atoms with Gasteiger partial charge in [0.25, 0.3) is 0 Å². The predicted octanol–water partition coefficient (Wildman–Crippen LogP) is 8.27. The summed E-state index contributed by atoms with van der Waals surface area (Å²) in [4.78, 5) is 13.7. The molecule has 5 aromatic carbocycles. The molecule has 47 heavy (non-hydrogen) atoms. The third-order valence-electron chi connectivity index (χ3n) is 7.85. The second-order valence-corrected chi connectivity index (χ2v) is 11.2. The molecule has 234 valence electrons. The lowest BCUT2D eigenvalue weighted by Gasteiger charge is -2.27. The van der Waals surface area contributed by atoms with E-state index >= 15 is 0 Å². The molecule has 1 heterocycles. The van der Waals surface area contributed by atoms with Gasteiger partial charge in [-0.15, -0.1) is 0 Å². The van der Waals surface area contributed by atoms with Crippen LogP contribution in [-0.4, -0.2) is 12.6 Å². The van der Waals surface area contributed by atoms with E-state index in [4.69, 9.17) is 36.3 Å². The molecule has 0 fully saturated rings. The second kappa shape index (κ2) is 14.2. The van der Waals surface area contributed by atoms with Crippen molar-refractivity contribution >= 4 is 17.6 Å². The molecule has 0 aromatic heterocycles. The minimum atomic E-state index is -0.632. The van der Waals surface area contributed by atoms with E-state index < -0.39 is 17.8 Å². The number of carbonyl (C=O) groups excluding carboxylic acids is 1. The number of hydrogen-bond acceptors (Lipinski definition) is 7. The van der Waals surface area contributed by atoms with Gasteiger partial charge >= 0.3 is 5.97 Å². The minimum absolute atomic E-state index is 0.0306. The number of nitrogens with zero attached hydrogens (tertiary/aromatic N) is 1. The summed E-state index contributed by atoms with van der Waals surface area (Å²) >= 11 is 6.32. The van der Waals surface area contributed by atoms with Crippen LogP contribution in [0.5, 0.6) is 23.0 Å². The van der Waals surface area contributed by atoms with Crippen molar-refractivity contribution in [1.82, 2.24) is 0 Å². The number of fused-ring (bicyclic) bond motifs is 1. The van der Waals surface area contributed by atoms with E-state index in [9.17, 15) is 10.1 Å². The van der Waals surface area contributed by atoms with Gasteiger partial charge in [0, 0.05) is 22.2 Å². The molecule has 0 bridgehead atoms. The summed E-state index contributed by atoms with van der Waals surface area (Å²) in [6, 6.07) is 39.3. The fourth-order valence-corrected chi connectivity index (χ4v) is 5.83. The molecule has 0 amide bonds. The van der Waals surface area contributed by atoms with Crippen LogP contribution in [0.1, 0.15) is 46.6 Å². The van der Waals surface area contributed by atoms with Crippen LogP contribution in [-0.2, 0) is 11.4 Å². The normalized spacial score (nSPS) is 13.7. The number of ether oxygens (including phenoxy) is 4. The van der Waals surface area contributed by atoms with E-state index in [0.29, 0.717) is 34.4 Å². The van der Waals surface area contributed by atoms with Crippen molar-refractivity contribution in [2.75, 3.05) is 6.61 Å². The molecule has 0 saturated carbocycles. The van der Waals surface area contributed by atoms with Crippen molar-refractivity contribution in [1.29, 1.82) is 5.26 Å². The number of halogens is 1. The first-order valence-electron chi connectivity index (χ1n) is 15.1. The molecule has 2 N–H and O–H groups in total. The zero-order valence-electron chi connectivity index (χ0n) is 25.6. The van der Waals surface area contributed by atoms with E-state index in [0.717, 1.165) is 22.3 Å². The topological polar surface area (TPSA) is 104 Å². The Kier molecular flexibility index (Phi) is 9.42. The monoisotopic (exact) mass is 642 g/mol.